The molecule has 0 unspecified atom stereocenters. The predicted molar refractivity (Wildman–Crippen MR) is 87.9 cm³/mol. The van der Waals surface area contributed by atoms with Crippen molar-refractivity contribution in [3.05, 3.63) is 61.5 Å². The van der Waals surface area contributed by atoms with Crippen molar-refractivity contribution in [1.82, 2.24) is 0 Å². The molecule has 0 aliphatic heterocycles. The Bertz CT molecular complexity index is 656. The molecule has 0 aromatic heterocycles. The molecular formula is C15H11Br2ClO2. The van der Waals surface area contributed by atoms with Crippen molar-refractivity contribution in [3.8, 4) is 5.75 Å². The van der Waals surface area contributed by atoms with Gasteiger partial charge in [0, 0.05) is 31.5 Å². The zero-order valence-electron chi connectivity index (χ0n) is 10.6. The lowest BCUT2D eigenvalue weighted by Gasteiger charge is -2.09. The summed E-state index contributed by atoms with van der Waals surface area (Å²) < 4.78 is 6.89. The highest BCUT2D eigenvalue weighted by Crippen LogP contribution is 2.27. The number of ether oxygens (including phenoxy) is 1. The molecule has 0 aliphatic carbocycles. The Morgan fingerprint density at radius 3 is 2.65 bits per heavy atom. The smallest absolute Gasteiger partial charge is 0.168 e. The molecule has 2 rings (SSSR count). The number of carbonyl (C=O) groups excluding carboxylic acids is 1. The van der Waals surface area contributed by atoms with E-state index in [1.165, 1.54) is 0 Å². The van der Waals surface area contributed by atoms with Crippen LogP contribution in [0.15, 0.2) is 45.3 Å². The van der Waals surface area contributed by atoms with E-state index in [-0.39, 0.29) is 12.2 Å². The van der Waals surface area contributed by atoms with Gasteiger partial charge < -0.3 is 4.74 Å². The first-order valence-electron chi connectivity index (χ1n) is 5.82. The number of carbonyl (C=O) groups is 1. The van der Waals surface area contributed by atoms with Crippen molar-refractivity contribution in [2.24, 2.45) is 0 Å². The summed E-state index contributed by atoms with van der Waals surface area (Å²) >= 11 is 12.7. The topological polar surface area (TPSA) is 26.3 Å². The number of hydrogen-bond acceptors (Lipinski definition) is 2. The molecule has 0 bridgehead atoms. The molecule has 0 fully saturated rings. The number of Topliss-reactive ketones (excluding diaryl/α,β-unsaturated/α-hetero) is 1. The zero-order valence-corrected chi connectivity index (χ0v) is 14.5. The maximum Gasteiger partial charge on any atom is 0.168 e. The number of halogens is 3. The molecule has 0 spiro atoms. The van der Waals surface area contributed by atoms with Gasteiger partial charge in [-0.25, -0.2) is 0 Å². The van der Waals surface area contributed by atoms with Crippen LogP contribution in [0.1, 0.15) is 15.9 Å². The number of benzene rings is 2. The first kappa shape index (κ1) is 15.5. The predicted octanol–water partition coefficient (Wildman–Crippen LogP) is 5.30. The highest BCUT2D eigenvalue weighted by Gasteiger charge is 2.14. The quantitative estimate of drug-likeness (QED) is 0.630. The largest absolute Gasteiger partial charge is 0.496 e. The lowest BCUT2D eigenvalue weighted by Crippen LogP contribution is -2.06. The van der Waals surface area contributed by atoms with E-state index in [1.54, 1.807) is 31.4 Å². The Hall–Kier alpha value is -0.840. The summed E-state index contributed by atoms with van der Waals surface area (Å²) in [6.07, 6.45) is 0.235. The molecule has 20 heavy (non-hydrogen) atoms. The molecule has 0 radical (unpaired) electrons. The minimum absolute atomic E-state index is 0.00117. The molecule has 0 aliphatic rings. The molecule has 0 atom stereocenters. The molecule has 2 aromatic rings. The highest BCUT2D eigenvalue weighted by atomic mass is 79.9. The van der Waals surface area contributed by atoms with E-state index >= 15 is 0 Å². The third-order valence-electron chi connectivity index (χ3n) is 2.82. The summed E-state index contributed by atoms with van der Waals surface area (Å²) in [5.74, 6) is 0.660. The van der Waals surface area contributed by atoms with Crippen LogP contribution in [-0.4, -0.2) is 12.9 Å². The zero-order chi connectivity index (χ0) is 14.7. The summed E-state index contributed by atoms with van der Waals surface area (Å²) in [4.78, 5) is 12.4. The Labute approximate surface area is 139 Å². The van der Waals surface area contributed by atoms with Gasteiger partial charge in [-0.2, -0.15) is 0 Å². The van der Waals surface area contributed by atoms with Gasteiger partial charge >= 0.3 is 0 Å². The van der Waals surface area contributed by atoms with Crippen LogP contribution in [0.2, 0.25) is 5.02 Å². The van der Waals surface area contributed by atoms with Gasteiger partial charge in [0.15, 0.2) is 5.78 Å². The van der Waals surface area contributed by atoms with Gasteiger partial charge in [0.2, 0.25) is 0 Å². The van der Waals surface area contributed by atoms with E-state index in [2.05, 4.69) is 31.9 Å². The third-order valence-corrected chi connectivity index (χ3v) is 4.24. The minimum atomic E-state index is -0.00117. The molecule has 104 valence electrons. The fourth-order valence-electron chi connectivity index (χ4n) is 1.86. The second-order valence-corrected chi connectivity index (χ2v) is 6.39. The summed E-state index contributed by atoms with van der Waals surface area (Å²) in [6, 6.07) is 10.8. The van der Waals surface area contributed by atoms with Crippen LogP contribution < -0.4 is 4.74 Å². The van der Waals surface area contributed by atoms with Gasteiger partial charge in [-0.1, -0.05) is 43.5 Å². The van der Waals surface area contributed by atoms with Crippen molar-refractivity contribution >= 4 is 49.2 Å². The summed E-state index contributed by atoms with van der Waals surface area (Å²) in [6.45, 7) is 0. The van der Waals surface area contributed by atoms with Crippen LogP contribution in [0.5, 0.6) is 5.75 Å². The molecule has 0 amide bonds. The number of methoxy groups -OCH3 is 1. The van der Waals surface area contributed by atoms with Gasteiger partial charge in [0.05, 0.1) is 7.11 Å². The van der Waals surface area contributed by atoms with Crippen molar-refractivity contribution in [1.29, 1.82) is 0 Å². The fraction of sp³-hybridized carbons (Fsp3) is 0.133. The van der Waals surface area contributed by atoms with Gasteiger partial charge in [0.25, 0.3) is 0 Å². The first-order valence-corrected chi connectivity index (χ1v) is 7.78. The van der Waals surface area contributed by atoms with Crippen LogP contribution >= 0.6 is 43.5 Å². The minimum Gasteiger partial charge on any atom is -0.496 e. The molecule has 0 saturated carbocycles. The number of hydrogen-bond donors (Lipinski definition) is 0. The monoisotopic (exact) mass is 416 g/mol. The number of rotatable bonds is 4. The second kappa shape index (κ2) is 6.74. The van der Waals surface area contributed by atoms with Gasteiger partial charge in [-0.05, 0) is 36.4 Å². The lowest BCUT2D eigenvalue weighted by atomic mass is 10.0. The van der Waals surface area contributed by atoms with Gasteiger partial charge in [-0.15, -0.1) is 0 Å². The van der Waals surface area contributed by atoms with Crippen molar-refractivity contribution in [3.63, 3.8) is 0 Å². The standard InChI is InChI=1S/C15H11Br2ClO2/c1-20-15-5-3-11(18)6-9(15)7-14(19)12-8-10(16)2-4-13(12)17/h2-6,8H,7H2,1H3. The highest BCUT2D eigenvalue weighted by molar-refractivity contribution is 9.11. The molecule has 2 nitrogen and oxygen atoms in total. The van der Waals surface area contributed by atoms with E-state index in [0.717, 1.165) is 14.5 Å². The van der Waals surface area contributed by atoms with E-state index in [4.69, 9.17) is 16.3 Å². The van der Waals surface area contributed by atoms with E-state index < -0.39 is 0 Å². The van der Waals surface area contributed by atoms with E-state index in [9.17, 15) is 4.79 Å². The molecule has 5 heteroatoms. The average Bonchev–Trinajstić information content (AvgIpc) is 2.41. The third kappa shape index (κ3) is 3.62. The van der Waals surface area contributed by atoms with E-state index in [0.29, 0.717) is 16.3 Å². The SMILES string of the molecule is COc1ccc(Cl)cc1CC(=O)c1cc(Br)ccc1Br. The number of ketones is 1. The molecule has 2 aromatic carbocycles. The Morgan fingerprint density at radius 2 is 1.95 bits per heavy atom. The lowest BCUT2D eigenvalue weighted by molar-refractivity contribution is 0.0991. The Morgan fingerprint density at radius 1 is 1.20 bits per heavy atom. The van der Waals surface area contributed by atoms with Crippen LogP contribution in [0.4, 0.5) is 0 Å². The average molecular weight is 419 g/mol. The summed E-state index contributed by atoms with van der Waals surface area (Å²) in [5.41, 5.74) is 1.40. The van der Waals surface area contributed by atoms with E-state index in [1.807, 2.05) is 12.1 Å². The Balaban J connectivity index is 2.32. The molecular weight excluding hydrogens is 407 g/mol. The van der Waals surface area contributed by atoms with Crippen LogP contribution in [0.3, 0.4) is 0 Å². The normalized spacial score (nSPS) is 10.4. The van der Waals surface area contributed by atoms with Crippen LogP contribution in [0, 0.1) is 0 Å². The Kier molecular flexibility index (Phi) is 5.24. The second-order valence-electron chi connectivity index (χ2n) is 4.18. The maximum atomic E-state index is 12.4. The van der Waals surface area contributed by atoms with Gasteiger partial charge in [-0.3, -0.25) is 4.79 Å². The first-order chi connectivity index (χ1) is 9.51. The summed E-state index contributed by atoms with van der Waals surface area (Å²) in [5, 5.41) is 0.585. The van der Waals surface area contributed by atoms with Gasteiger partial charge in [0.1, 0.15) is 5.75 Å². The summed E-state index contributed by atoms with van der Waals surface area (Å²) in [7, 11) is 1.58. The molecule has 0 saturated heterocycles. The van der Waals surface area contributed by atoms with Crippen molar-refractivity contribution in [2.45, 2.75) is 6.42 Å². The van der Waals surface area contributed by atoms with Crippen LogP contribution in [-0.2, 0) is 6.42 Å². The molecule has 0 N–H and O–H groups in total. The van der Waals surface area contributed by atoms with Crippen molar-refractivity contribution in [2.75, 3.05) is 7.11 Å². The van der Waals surface area contributed by atoms with Crippen molar-refractivity contribution < 1.29 is 9.53 Å². The maximum absolute atomic E-state index is 12.4. The fourth-order valence-corrected chi connectivity index (χ4v) is 2.89. The molecule has 0 heterocycles. The van der Waals surface area contributed by atoms with Crippen LogP contribution in [0.25, 0.3) is 0 Å².